The summed E-state index contributed by atoms with van der Waals surface area (Å²) in [6, 6.07) is 7.72. The van der Waals surface area contributed by atoms with Gasteiger partial charge in [0, 0.05) is 5.69 Å². The Labute approximate surface area is 116 Å². The molecule has 0 radical (unpaired) electrons. The van der Waals surface area contributed by atoms with Gasteiger partial charge in [0.15, 0.2) is 0 Å². The first-order valence-corrected chi connectivity index (χ1v) is 8.05. The molecule has 0 atom stereocenters. The second kappa shape index (κ2) is 5.54. The van der Waals surface area contributed by atoms with Crippen LogP contribution in [-0.4, -0.2) is 24.1 Å². The molecule has 0 bridgehead atoms. The number of thioether (sulfide) groups is 1. The van der Waals surface area contributed by atoms with Crippen LogP contribution in [0.15, 0.2) is 46.5 Å². The number of hydrogen-bond donors (Lipinski definition) is 2. The monoisotopic (exact) mass is 298 g/mol. The van der Waals surface area contributed by atoms with Crippen molar-refractivity contribution in [3.63, 3.8) is 0 Å². The van der Waals surface area contributed by atoms with Crippen molar-refractivity contribution in [1.82, 2.24) is 9.89 Å². The third-order valence-electron chi connectivity index (χ3n) is 2.26. The Bertz CT molecular complexity index is 650. The highest BCUT2D eigenvalue weighted by Gasteiger charge is 2.14. The molecule has 2 aromatic rings. The number of rotatable bonds is 5. The number of hydrogen-bond acceptors (Lipinski definition) is 5. The summed E-state index contributed by atoms with van der Waals surface area (Å²) < 4.78 is 24.1. The molecule has 1 aromatic heterocycles. The van der Waals surface area contributed by atoms with E-state index in [2.05, 4.69) is 9.93 Å². The molecule has 8 heteroatoms. The third-order valence-corrected chi connectivity index (χ3v) is 4.38. The summed E-state index contributed by atoms with van der Waals surface area (Å²) in [5.41, 5.74) is 6.04. The van der Waals surface area contributed by atoms with Gasteiger partial charge >= 0.3 is 0 Å². The van der Waals surface area contributed by atoms with E-state index in [0.717, 1.165) is 10.8 Å². The molecule has 0 spiro atoms. The Morgan fingerprint density at radius 1 is 1.32 bits per heavy atom. The maximum absolute atomic E-state index is 12.1. The van der Waals surface area contributed by atoms with Gasteiger partial charge in [0.25, 0.3) is 10.0 Å². The number of nitrogen functional groups attached to an aromatic ring is 1. The van der Waals surface area contributed by atoms with Gasteiger partial charge in [-0.25, -0.2) is 0 Å². The highest BCUT2D eigenvalue weighted by atomic mass is 32.2. The van der Waals surface area contributed by atoms with E-state index in [1.165, 1.54) is 40.8 Å². The molecule has 102 valence electrons. The van der Waals surface area contributed by atoms with Crippen LogP contribution in [0.2, 0.25) is 0 Å². The Kier molecular flexibility index (Phi) is 4.01. The van der Waals surface area contributed by atoms with E-state index >= 15 is 0 Å². The van der Waals surface area contributed by atoms with Gasteiger partial charge in [0.1, 0.15) is 5.03 Å². The molecule has 0 saturated heterocycles. The van der Waals surface area contributed by atoms with E-state index in [1.54, 1.807) is 12.3 Å². The number of aromatic nitrogens is 2. The van der Waals surface area contributed by atoms with Gasteiger partial charge in [-0.05, 0) is 36.1 Å². The summed E-state index contributed by atoms with van der Waals surface area (Å²) in [5, 5.41) is 4.86. The highest BCUT2D eigenvalue weighted by molar-refractivity contribution is 7.99. The van der Waals surface area contributed by atoms with Crippen molar-refractivity contribution in [2.24, 2.45) is 0 Å². The fraction of sp³-hybridized carbons (Fsp3) is 0.182. The minimum Gasteiger partial charge on any atom is -0.399 e. The summed E-state index contributed by atoms with van der Waals surface area (Å²) in [5.74, 6) is 0.877. The van der Waals surface area contributed by atoms with Gasteiger partial charge < -0.3 is 5.73 Å². The van der Waals surface area contributed by atoms with Crippen molar-refractivity contribution in [2.75, 3.05) is 16.3 Å². The first-order chi connectivity index (χ1) is 9.01. The molecule has 2 rings (SSSR count). The lowest BCUT2D eigenvalue weighted by Gasteiger charge is -2.07. The summed E-state index contributed by atoms with van der Waals surface area (Å²) in [6.45, 7) is 2.00. The van der Waals surface area contributed by atoms with Crippen LogP contribution in [0.1, 0.15) is 6.92 Å². The van der Waals surface area contributed by atoms with Crippen LogP contribution < -0.4 is 10.6 Å². The standard InChI is InChI=1S/C11H14N4O2S2/c1-2-18-11-7-8-15(13-11)14-19(16,17)10-5-3-9(12)4-6-10/h3-8,14H,2,12H2,1H3. The average Bonchev–Trinajstić information content (AvgIpc) is 2.77. The molecule has 0 aliphatic heterocycles. The molecular formula is C11H14N4O2S2. The summed E-state index contributed by atoms with van der Waals surface area (Å²) in [7, 11) is -3.65. The molecule has 0 unspecified atom stereocenters. The minimum absolute atomic E-state index is 0.141. The van der Waals surface area contributed by atoms with Crippen molar-refractivity contribution in [3.8, 4) is 0 Å². The normalized spacial score (nSPS) is 11.4. The van der Waals surface area contributed by atoms with Crippen LogP contribution in [0.3, 0.4) is 0 Å². The van der Waals surface area contributed by atoms with E-state index in [9.17, 15) is 8.42 Å². The van der Waals surface area contributed by atoms with Crippen molar-refractivity contribution in [3.05, 3.63) is 36.5 Å². The fourth-order valence-corrected chi connectivity index (χ4v) is 2.95. The van der Waals surface area contributed by atoms with Gasteiger partial charge in [0.05, 0.1) is 11.1 Å². The first-order valence-electron chi connectivity index (χ1n) is 5.58. The number of nitrogens with one attached hydrogen (secondary N) is 1. The van der Waals surface area contributed by atoms with Crippen molar-refractivity contribution in [2.45, 2.75) is 16.8 Å². The first kappa shape index (κ1) is 13.8. The molecule has 0 amide bonds. The topological polar surface area (TPSA) is 90.0 Å². The van der Waals surface area contributed by atoms with Gasteiger partial charge in [-0.15, -0.1) is 16.9 Å². The predicted octanol–water partition coefficient (Wildman–Crippen LogP) is 1.51. The number of nitrogens with zero attached hydrogens (tertiary/aromatic N) is 2. The minimum atomic E-state index is -3.65. The number of benzene rings is 1. The van der Waals surface area contributed by atoms with Crippen LogP contribution in [0.5, 0.6) is 0 Å². The maximum atomic E-state index is 12.1. The largest absolute Gasteiger partial charge is 0.399 e. The van der Waals surface area contributed by atoms with Crippen molar-refractivity contribution in [1.29, 1.82) is 0 Å². The summed E-state index contributed by atoms with van der Waals surface area (Å²) in [6.07, 6.45) is 1.56. The highest BCUT2D eigenvalue weighted by Crippen LogP contribution is 2.15. The zero-order valence-corrected chi connectivity index (χ0v) is 11.9. The lowest BCUT2D eigenvalue weighted by atomic mass is 10.3. The van der Waals surface area contributed by atoms with Gasteiger partial charge in [-0.2, -0.15) is 18.0 Å². The van der Waals surface area contributed by atoms with Crippen LogP contribution in [0.4, 0.5) is 5.69 Å². The van der Waals surface area contributed by atoms with Gasteiger partial charge in [-0.3, -0.25) is 0 Å². The zero-order chi connectivity index (χ0) is 13.9. The molecule has 6 nitrogen and oxygen atoms in total. The Balaban J connectivity index is 2.18. The van der Waals surface area contributed by atoms with E-state index < -0.39 is 10.0 Å². The van der Waals surface area contributed by atoms with Crippen LogP contribution in [-0.2, 0) is 10.0 Å². The molecule has 19 heavy (non-hydrogen) atoms. The van der Waals surface area contributed by atoms with E-state index in [0.29, 0.717) is 5.69 Å². The number of sulfonamides is 1. The van der Waals surface area contributed by atoms with Crippen molar-refractivity contribution >= 4 is 27.5 Å². The lowest BCUT2D eigenvalue weighted by Crippen LogP contribution is -2.23. The second-order valence-electron chi connectivity index (χ2n) is 3.70. The molecule has 0 saturated carbocycles. The lowest BCUT2D eigenvalue weighted by molar-refractivity contribution is 0.591. The van der Waals surface area contributed by atoms with Gasteiger partial charge in [-0.1, -0.05) is 6.92 Å². The Morgan fingerprint density at radius 3 is 2.63 bits per heavy atom. The van der Waals surface area contributed by atoms with Crippen LogP contribution in [0.25, 0.3) is 0 Å². The molecular weight excluding hydrogens is 284 g/mol. The summed E-state index contributed by atoms with van der Waals surface area (Å²) in [4.78, 5) is 3.68. The van der Waals surface area contributed by atoms with Crippen LogP contribution >= 0.6 is 11.8 Å². The fourth-order valence-electron chi connectivity index (χ4n) is 1.41. The average molecular weight is 298 g/mol. The zero-order valence-electron chi connectivity index (χ0n) is 10.3. The van der Waals surface area contributed by atoms with Crippen LogP contribution in [0, 0.1) is 0 Å². The molecule has 0 fully saturated rings. The van der Waals surface area contributed by atoms with Gasteiger partial charge in [0.2, 0.25) is 0 Å². The Morgan fingerprint density at radius 2 is 2.00 bits per heavy atom. The maximum Gasteiger partial charge on any atom is 0.276 e. The molecule has 1 aromatic carbocycles. The predicted molar refractivity (Wildman–Crippen MR) is 76.0 cm³/mol. The third kappa shape index (κ3) is 3.42. The van der Waals surface area contributed by atoms with E-state index in [1.807, 2.05) is 6.92 Å². The molecule has 3 N–H and O–H groups in total. The Hall–Kier alpha value is -1.67. The quantitative estimate of drug-likeness (QED) is 0.645. The van der Waals surface area contributed by atoms with E-state index in [4.69, 9.17) is 5.73 Å². The molecule has 0 aliphatic rings. The summed E-state index contributed by atoms with van der Waals surface area (Å²) >= 11 is 1.54. The second-order valence-corrected chi connectivity index (χ2v) is 6.64. The smallest absolute Gasteiger partial charge is 0.276 e. The SMILES string of the molecule is CCSc1ccn(NS(=O)(=O)c2ccc(N)cc2)n1. The van der Waals surface area contributed by atoms with Crippen molar-refractivity contribution < 1.29 is 8.42 Å². The number of anilines is 1. The number of nitrogens with two attached hydrogens (primary N) is 1. The molecule has 1 heterocycles. The molecule has 0 aliphatic carbocycles. The van der Waals surface area contributed by atoms with E-state index in [-0.39, 0.29) is 4.90 Å².